The van der Waals surface area contributed by atoms with E-state index in [0.717, 1.165) is 10.2 Å². The largest absolute Gasteiger partial charge is 0.382 e. The minimum Gasteiger partial charge on any atom is -0.382 e. The van der Waals surface area contributed by atoms with Crippen LogP contribution in [0, 0.1) is 5.82 Å². The summed E-state index contributed by atoms with van der Waals surface area (Å²) in [4.78, 5) is 0. The van der Waals surface area contributed by atoms with Crippen molar-refractivity contribution in [2.75, 3.05) is 18.5 Å². The number of benzene rings is 1. The lowest BCUT2D eigenvalue weighted by Gasteiger charge is -2.10. The second kappa shape index (κ2) is 6.08. The van der Waals surface area contributed by atoms with Gasteiger partial charge in [0.15, 0.2) is 0 Å². The van der Waals surface area contributed by atoms with E-state index < -0.39 is 0 Å². The summed E-state index contributed by atoms with van der Waals surface area (Å²) in [6.45, 7) is 5.25. The Balaban J connectivity index is 2.40. The van der Waals surface area contributed by atoms with Gasteiger partial charge in [-0.15, -0.1) is 0 Å². The molecule has 1 N–H and O–H groups in total. The number of ether oxygens (including phenoxy) is 1. The van der Waals surface area contributed by atoms with Crippen LogP contribution in [-0.4, -0.2) is 19.3 Å². The van der Waals surface area contributed by atoms with Gasteiger partial charge in [-0.05, 0) is 48.0 Å². The van der Waals surface area contributed by atoms with Crippen molar-refractivity contribution in [1.29, 1.82) is 0 Å². The summed E-state index contributed by atoms with van der Waals surface area (Å²) in [5.41, 5.74) is 0.752. The smallest absolute Gasteiger partial charge is 0.125 e. The first-order valence-corrected chi connectivity index (χ1v) is 5.69. The van der Waals surface area contributed by atoms with E-state index in [1.807, 2.05) is 13.8 Å². The molecule has 0 aliphatic carbocycles. The molecule has 0 spiro atoms. The molecule has 0 unspecified atom stereocenters. The molecule has 0 radical (unpaired) electrons. The van der Waals surface area contributed by atoms with Crippen LogP contribution in [0.25, 0.3) is 0 Å². The lowest BCUT2D eigenvalue weighted by atomic mass is 10.3. The van der Waals surface area contributed by atoms with Crippen LogP contribution in [-0.2, 0) is 4.74 Å². The maximum absolute atomic E-state index is 12.9. The van der Waals surface area contributed by atoms with Crippen molar-refractivity contribution in [1.82, 2.24) is 0 Å². The van der Waals surface area contributed by atoms with Crippen LogP contribution in [0.1, 0.15) is 13.8 Å². The Bertz CT molecular complexity index is 317. The molecular formula is C11H15BrFNO. The molecule has 0 saturated carbocycles. The fourth-order valence-corrected chi connectivity index (χ4v) is 1.50. The summed E-state index contributed by atoms with van der Waals surface area (Å²) in [5.74, 6) is -0.245. The van der Waals surface area contributed by atoms with Crippen LogP contribution in [0.3, 0.4) is 0 Å². The molecule has 4 heteroatoms. The molecule has 1 rings (SSSR count). The second-order valence-corrected chi connectivity index (χ2v) is 4.32. The van der Waals surface area contributed by atoms with Gasteiger partial charge in [-0.2, -0.15) is 0 Å². The number of hydrogen-bond acceptors (Lipinski definition) is 2. The molecule has 2 nitrogen and oxygen atoms in total. The molecule has 0 aliphatic rings. The Morgan fingerprint density at radius 2 is 2.20 bits per heavy atom. The highest BCUT2D eigenvalue weighted by Gasteiger charge is 2.00. The SMILES string of the molecule is CC(C)OCCNc1cc(F)ccc1Br. The van der Waals surface area contributed by atoms with Gasteiger partial charge in [0.05, 0.1) is 18.4 Å². The summed E-state index contributed by atoms with van der Waals surface area (Å²) >= 11 is 3.34. The fourth-order valence-electron chi connectivity index (χ4n) is 1.11. The third kappa shape index (κ3) is 4.62. The maximum atomic E-state index is 12.9. The Labute approximate surface area is 98.0 Å². The van der Waals surface area contributed by atoms with Crippen molar-refractivity contribution in [3.8, 4) is 0 Å². The molecular weight excluding hydrogens is 261 g/mol. The molecule has 0 atom stereocenters. The number of hydrogen-bond donors (Lipinski definition) is 1. The minimum atomic E-state index is -0.245. The zero-order valence-corrected chi connectivity index (χ0v) is 10.5. The lowest BCUT2D eigenvalue weighted by Crippen LogP contribution is -2.13. The summed E-state index contributed by atoms with van der Waals surface area (Å²) in [5, 5.41) is 3.10. The topological polar surface area (TPSA) is 21.3 Å². The molecule has 0 heterocycles. The average Bonchev–Trinajstić information content (AvgIpc) is 2.17. The highest BCUT2D eigenvalue weighted by molar-refractivity contribution is 9.10. The molecule has 0 fully saturated rings. The number of rotatable bonds is 5. The summed E-state index contributed by atoms with van der Waals surface area (Å²) in [6, 6.07) is 4.56. The van der Waals surface area contributed by atoms with Gasteiger partial charge in [-0.3, -0.25) is 0 Å². The van der Waals surface area contributed by atoms with Crippen molar-refractivity contribution in [2.24, 2.45) is 0 Å². The van der Waals surface area contributed by atoms with Crippen LogP contribution in [0.2, 0.25) is 0 Å². The van der Waals surface area contributed by atoms with Crippen LogP contribution < -0.4 is 5.32 Å². The molecule has 15 heavy (non-hydrogen) atoms. The Hall–Kier alpha value is -0.610. The van der Waals surface area contributed by atoms with E-state index in [2.05, 4.69) is 21.2 Å². The average molecular weight is 276 g/mol. The number of halogens is 2. The van der Waals surface area contributed by atoms with Crippen LogP contribution in [0.5, 0.6) is 0 Å². The summed E-state index contributed by atoms with van der Waals surface area (Å²) in [6.07, 6.45) is 0.225. The van der Waals surface area contributed by atoms with Crippen molar-refractivity contribution >= 4 is 21.6 Å². The first kappa shape index (κ1) is 12.5. The fraction of sp³-hybridized carbons (Fsp3) is 0.455. The summed E-state index contributed by atoms with van der Waals surface area (Å²) < 4.78 is 19.1. The van der Waals surface area contributed by atoms with Crippen molar-refractivity contribution in [3.05, 3.63) is 28.5 Å². The van der Waals surface area contributed by atoms with E-state index in [-0.39, 0.29) is 11.9 Å². The molecule has 84 valence electrons. The first-order valence-electron chi connectivity index (χ1n) is 4.90. The molecule has 1 aromatic carbocycles. The lowest BCUT2D eigenvalue weighted by molar-refractivity contribution is 0.0870. The Morgan fingerprint density at radius 1 is 1.47 bits per heavy atom. The van der Waals surface area contributed by atoms with Gasteiger partial charge >= 0.3 is 0 Å². The molecule has 0 bridgehead atoms. The van der Waals surface area contributed by atoms with Crippen LogP contribution >= 0.6 is 15.9 Å². The molecule has 0 aromatic heterocycles. The van der Waals surface area contributed by atoms with Gasteiger partial charge < -0.3 is 10.1 Å². The van der Waals surface area contributed by atoms with Crippen molar-refractivity contribution < 1.29 is 9.13 Å². The van der Waals surface area contributed by atoms with E-state index in [1.54, 1.807) is 6.07 Å². The van der Waals surface area contributed by atoms with E-state index >= 15 is 0 Å². The van der Waals surface area contributed by atoms with Crippen LogP contribution in [0.4, 0.5) is 10.1 Å². The maximum Gasteiger partial charge on any atom is 0.125 e. The van der Waals surface area contributed by atoms with Crippen molar-refractivity contribution in [3.63, 3.8) is 0 Å². The zero-order chi connectivity index (χ0) is 11.3. The Kier molecular flexibility index (Phi) is 5.05. The number of anilines is 1. The second-order valence-electron chi connectivity index (χ2n) is 3.47. The normalized spacial score (nSPS) is 10.7. The van der Waals surface area contributed by atoms with Gasteiger partial charge in [0.25, 0.3) is 0 Å². The van der Waals surface area contributed by atoms with Crippen LogP contribution in [0.15, 0.2) is 22.7 Å². The highest BCUT2D eigenvalue weighted by Crippen LogP contribution is 2.22. The van der Waals surface area contributed by atoms with E-state index in [0.29, 0.717) is 13.2 Å². The molecule has 1 aromatic rings. The Morgan fingerprint density at radius 3 is 2.87 bits per heavy atom. The standard InChI is InChI=1S/C11H15BrFNO/c1-8(2)15-6-5-14-11-7-9(13)3-4-10(11)12/h3-4,7-8,14H,5-6H2,1-2H3. The predicted molar refractivity (Wildman–Crippen MR) is 63.7 cm³/mol. The zero-order valence-electron chi connectivity index (χ0n) is 8.89. The molecule has 0 amide bonds. The number of nitrogens with one attached hydrogen (secondary N) is 1. The highest BCUT2D eigenvalue weighted by atomic mass is 79.9. The van der Waals surface area contributed by atoms with Crippen molar-refractivity contribution in [2.45, 2.75) is 20.0 Å². The quantitative estimate of drug-likeness (QED) is 0.832. The van der Waals surface area contributed by atoms with Gasteiger partial charge in [-0.25, -0.2) is 4.39 Å². The molecule has 0 aliphatic heterocycles. The van der Waals surface area contributed by atoms with E-state index in [1.165, 1.54) is 12.1 Å². The third-order valence-corrected chi connectivity index (χ3v) is 2.49. The molecule has 0 saturated heterocycles. The van der Waals surface area contributed by atoms with Gasteiger partial charge in [-0.1, -0.05) is 0 Å². The third-order valence-electron chi connectivity index (χ3n) is 1.80. The minimum absolute atomic E-state index is 0.225. The van der Waals surface area contributed by atoms with E-state index in [9.17, 15) is 4.39 Å². The summed E-state index contributed by atoms with van der Waals surface area (Å²) in [7, 11) is 0. The van der Waals surface area contributed by atoms with E-state index in [4.69, 9.17) is 4.74 Å². The first-order chi connectivity index (χ1) is 7.09. The predicted octanol–water partition coefficient (Wildman–Crippen LogP) is 3.43. The monoisotopic (exact) mass is 275 g/mol. The van der Waals surface area contributed by atoms with Gasteiger partial charge in [0, 0.05) is 11.0 Å². The van der Waals surface area contributed by atoms with Gasteiger partial charge in [0.1, 0.15) is 5.82 Å². The van der Waals surface area contributed by atoms with Gasteiger partial charge in [0.2, 0.25) is 0 Å².